The highest BCUT2D eigenvalue weighted by Gasteiger charge is 2.18. The number of hydrogen-bond donors (Lipinski definition) is 1. The number of imidazole rings is 1. The Hall–Kier alpha value is -0.830. The van der Waals surface area contributed by atoms with Crippen LogP contribution in [0.25, 0.3) is 0 Å². The Bertz CT molecular complexity index is 407. The van der Waals surface area contributed by atoms with Gasteiger partial charge in [0.2, 0.25) is 0 Å². The molecule has 114 valence electrons. The molecule has 0 saturated carbocycles. The third kappa shape index (κ3) is 4.08. The van der Waals surface area contributed by atoms with Gasteiger partial charge in [0.05, 0.1) is 5.69 Å². The monoisotopic (exact) mass is 277 g/mol. The molecular formula is C17H31N3. The molecule has 1 N–H and O–H groups in total. The van der Waals surface area contributed by atoms with E-state index in [9.17, 15) is 0 Å². The molecule has 0 amide bonds. The van der Waals surface area contributed by atoms with Crippen LogP contribution in [-0.4, -0.2) is 16.1 Å². The van der Waals surface area contributed by atoms with E-state index in [1.807, 2.05) is 0 Å². The van der Waals surface area contributed by atoms with Gasteiger partial charge in [-0.2, -0.15) is 0 Å². The van der Waals surface area contributed by atoms with E-state index < -0.39 is 0 Å². The van der Waals surface area contributed by atoms with E-state index in [0.29, 0.717) is 0 Å². The third-order valence-electron chi connectivity index (χ3n) is 4.29. The summed E-state index contributed by atoms with van der Waals surface area (Å²) < 4.78 is 2.51. The molecule has 0 spiro atoms. The molecule has 0 fully saturated rings. The Morgan fingerprint density at radius 1 is 1.20 bits per heavy atom. The normalized spacial score (nSPS) is 14.8. The van der Waals surface area contributed by atoms with Gasteiger partial charge in [-0.25, -0.2) is 4.98 Å². The summed E-state index contributed by atoms with van der Waals surface area (Å²) in [6.45, 7) is 10.1. The van der Waals surface area contributed by atoms with Crippen LogP contribution < -0.4 is 5.32 Å². The number of nitrogens with zero attached hydrogens (tertiary/aromatic N) is 2. The molecule has 3 heteroatoms. The predicted octanol–water partition coefficient (Wildman–Crippen LogP) is 3.70. The van der Waals surface area contributed by atoms with E-state index in [1.165, 1.54) is 55.9 Å². The Morgan fingerprint density at radius 2 is 2.00 bits per heavy atom. The van der Waals surface area contributed by atoms with E-state index in [4.69, 9.17) is 4.98 Å². The molecule has 0 saturated heterocycles. The van der Waals surface area contributed by atoms with Crippen molar-refractivity contribution >= 4 is 0 Å². The largest absolute Gasteiger partial charge is 0.332 e. The zero-order valence-corrected chi connectivity index (χ0v) is 13.5. The van der Waals surface area contributed by atoms with Crippen LogP contribution in [0, 0.1) is 5.92 Å². The van der Waals surface area contributed by atoms with Crippen LogP contribution in [0.1, 0.15) is 70.1 Å². The molecule has 2 heterocycles. The summed E-state index contributed by atoms with van der Waals surface area (Å²) in [7, 11) is 0. The molecule has 1 aliphatic rings. The number of rotatable bonds is 8. The summed E-state index contributed by atoms with van der Waals surface area (Å²) >= 11 is 0. The van der Waals surface area contributed by atoms with Crippen molar-refractivity contribution in [3.05, 3.63) is 17.2 Å². The van der Waals surface area contributed by atoms with Crippen LogP contribution in [0.2, 0.25) is 0 Å². The summed E-state index contributed by atoms with van der Waals surface area (Å²) in [6.07, 6.45) is 9.03. The van der Waals surface area contributed by atoms with Gasteiger partial charge >= 0.3 is 0 Å². The van der Waals surface area contributed by atoms with Crippen molar-refractivity contribution in [1.29, 1.82) is 0 Å². The molecular weight excluding hydrogens is 246 g/mol. The van der Waals surface area contributed by atoms with Crippen LogP contribution in [0.3, 0.4) is 0 Å². The Balaban J connectivity index is 1.81. The lowest BCUT2D eigenvalue weighted by Gasteiger charge is -2.16. The lowest BCUT2D eigenvalue weighted by molar-refractivity contribution is 0.495. The van der Waals surface area contributed by atoms with Gasteiger partial charge in [-0.1, -0.05) is 46.5 Å². The van der Waals surface area contributed by atoms with Crippen LogP contribution in [-0.2, 0) is 25.9 Å². The number of aromatic nitrogens is 2. The molecule has 0 bridgehead atoms. The molecule has 20 heavy (non-hydrogen) atoms. The second-order valence-electron chi connectivity index (χ2n) is 6.45. The average Bonchev–Trinajstić information content (AvgIpc) is 2.80. The fraction of sp³-hybridized carbons (Fsp3) is 0.824. The number of fused-ring (bicyclic) bond motifs is 1. The maximum atomic E-state index is 4.81. The first-order chi connectivity index (χ1) is 9.72. The molecule has 0 aromatic carbocycles. The zero-order chi connectivity index (χ0) is 14.4. The first-order valence-electron chi connectivity index (χ1n) is 8.50. The van der Waals surface area contributed by atoms with Gasteiger partial charge in [0.1, 0.15) is 5.82 Å². The fourth-order valence-electron chi connectivity index (χ4n) is 3.14. The first-order valence-corrected chi connectivity index (χ1v) is 8.50. The van der Waals surface area contributed by atoms with E-state index in [0.717, 1.165) is 31.8 Å². The zero-order valence-electron chi connectivity index (χ0n) is 13.5. The lowest BCUT2D eigenvalue weighted by atomic mass is 10.0. The molecule has 0 atom stereocenters. The average molecular weight is 277 g/mol. The van der Waals surface area contributed by atoms with Crippen molar-refractivity contribution in [2.45, 2.75) is 78.8 Å². The maximum Gasteiger partial charge on any atom is 0.108 e. The minimum Gasteiger partial charge on any atom is -0.332 e. The topological polar surface area (TPSA) is 29.9 Å². The second-order valence-corrected chi connectivity index (χ2v) is 6.45. The minimum absolute atomic E-state index is 0.856. The maximum absolute atomic E-state index is 4.81. The van der Waals surface area contributed by atoms with Crippen LogP contribution in [0.15, 0.2) is 0 Å². The minimum atomic E-state index is 0.856. The number of aryl methyl sites for hydroxylation is 1. The van der Waals surface area contributed by atoms with Gasteiger partial charge in [-0.15, -0.1) is 0 Å². The van der Waals surface area contributed by atoms with Gasteiger partial charge in [-0.3, -0.25) is 0 Å². The summed E-state index contributed by atoms with van der Waals surface area (Å²) in [5.41, 5.74) is 2.80. The molecule has 2 rings (SSSR count). The van der Waals surface area contributed by atoms with Gasteiger partial charge in [0.25, 0.3) is 0 Å². The molecule has 3 nitrogen and oxygen atoms in total. The number of hydrogen-bond acceptors (Lipinski definition) is 2. The van der Waals surface area contributed by atoms with Gasteiger partial charge in [-0.05, 0) is 12.3 Å². The van der Waals surface area contributed by atoms with E-state index in [1.54, 1.807) is 0 Å². The molecule has 1 aromatic rings. The van der Waals surface area contributed by atoms with Gasteiger partial charge in [0, 0.05) is 38.2 Å². The summed E-state index contributed by atoms with van der Waals surface area (Å²) in [6, 6.07) is 0. The highest BCUT2D eigenvalue weighted by atomic mass is 15.1. The molecule has 1 aromatic heterocycles. The first kappa shape index (κ1) is 15.6. The number of unbranched alkanes of at least 4 members (excludes halogenated alkanes) is 3. The number of nitrogens with one attached hydrogen (secondary N) is 1. The molecule has 0 unspecified atom stereocenters. The third-order valence-corrected chi connectivity index (χ3v) is 4.29. The van der Waals surface area contributed by atoms with E-state index in [-0.39, 0.29) is 0 Å². The van der Waals surface area contributed by atoms with Crippen LogP contribution in [0.4, 0.5) is 0 Å². The van der Waals surface area contributed by atoms with E-state index in [2.05, 4.69) is 30.7 Å². The van der Waals surface area contributed by atoms with E-state index >= 15 is 0 Å². The van der Waals surface area contributed by atoms with Crippen molar-refractivity contribution in [2.24, 2.45) is 5.92 Å². The van der Waals surface area contributed by atoms with Crippen molar-refractivity contribution in [2.75, 3.05) is 6.54 Å². The van der Waals surface area contributed by atoms with Crippen LogP contribution >= 0.6 is 0 Å². The standard InChI is InChI=1S/C17H31N3/c1-4-17-19-15-13-18-11-10-16(15)20(17)12-8-6-5-7-9-14(2)3/h14,18H,4-13H2,1-3H3. The SMILES string of the molecule is CCc1nc2c(n1CCCCCCC(C)C)CCNC2. The van der Waals surface area contributed by atoms with Gasteiger partial charge < -0.3 is 9.88 Å². The Labute approximate surface area is 124 Å². The fourth-order valence-corrected chi connectivity index (χ4v) is 3.14. The van der Waals surface area contributed by atoms with Crippen molar-refractivity contribution in [3.8, 4) is 0 Å². The van der Waals surface area contributed by atoms with Crippen molar-refractivity contribution in [3.63, 3.8) is 0 Å². The van der Waals surface area contributed by atoms with Crippen LogP contribution in [0.5, 0.6) is 0 Å². The Kier molecular flexibility index (Phi) is 6.08. The quantitative estimate of drug-likeness (QED) is 0.734. The second kappa shape index (κ2) is 7.82. The predicted molar refractivity (Wildman–Crippen MR) is 84.9 cm³/mol. The summed E-state index contributed by atoms with van der Waals surface area (Å²) in [4.78, 5) is 4.81. The molecule has 0 aliphatic carbocycles. The highest BCUT2D eigenvalue weighted by molar-refractivity contribution is 5.20. The van der Waals surface area contributed by atoms with Crippen molar-refractivity contribution < 1.29 is 0 Å². The Morgan fingerprint density at radius 3 is 2.75 bits per heavy atom. The molecule has 1 aliphatic heterocycles. The van der Waals surface area contributed by atoms with Crippen molar-refractivity contribution in [1.82, 2.24) is 14.9 Å². The van der Waals surface area contributed by atoms with Gasteiger partial charge in [0.15, 0.2) is 0 Å². The summed E-state index contributed by atoms with van der Waals surface area (Å²) in [5, 5.41) is 3.42. The highest BCUT2D eigenvalue weighted by Crippen LogP contribution is 2.18. The molecule has 0 radical (unpaired) electrons. The summed E-state index contributed by atoms with van der Waals surface area (Å²) in [5.74, 6) is 2.15. The lowest BCUT2D eigenvalue weighted by Crippen LogP contribution is -2.25. The smallest absolute Gasteiger partial charge is 0.108 e.